The van der Waals surface area contributed by atoms with Crippen LogP contribution in [0.5, 0.6) is 0 Å². The number of urea groups is 1. The smallest absolute Gasteiger partial charge is 0.321 e. The van der Waals surface area contributed by atoms with Gasteiger partial charge in [0.05, 0.1) is 4.90 Å². The highest BCUT2D eigenvalue weighted by Crippen LogP contribution is 2.30. The van der Waals surface area contributed by atoms with Gasteiger partial charge in [-0.1, -0.05) is 0 Å². The Balaban J connectivity index is 2.30. The van der Waals surface area contributed by atoms with Gasteiger partial charge in [-0.2, -0.15) is 0 Å². The molecule has 1 unspecified atom stereocenters. The maximum Gasteiger partial charge on any atom is 0.321 e. The van der Waals surface area contributed by atoms with Gasteiger partial charge in [-0.3, -0.25) is 0 Å². The first-order chi connectivity index (χ1) is 9.49. The molecule has 0 aromatic heterocycles. The van der Waals surface area contributed by atoms with E-state index >= 15 is 0 Å². The first kappa shape index (κ1) is 15.0. The molecule has 1 aliphatic heterocycles. The number of nitrogens with one attached hydrogen (secondary N) is 2. The monoisotopic (exact) mass is 297 g/mol. The molecule has 6 nitrogen and oxygen atoms in total. The molecular weight excluding hydrogens is 278 g/mol. The van der Waals surface area contributed by atoms with Crippen LogP contribution in [0.1, 0.15) is 24.4 Å². The highest BCUT2D eigenvalue weighted by molar-refractivity contribution is 7.79. The molecule has 3 N–H and O–H groups in total. The zero-order valence-corrected chi connectivity index (χ0v) is 12.4. The van der Waals surface area contributed by atoms with Crippen molar-refractivity contribution in [1.29, 1.82) is 0 Å². The molecule has 20 heavy (non-hydrogen) atoms. The number of rotatable bonds is 3. The number of amides is 2. The van der Waals surface area contributed by atoms with E-state index in [-0.39, 0.29) is 12.1 Å². The van der Waals surface area contributed by atoms with Gasteiger partial charge in [0.2, 0.25) is 0 Å². The van der Waals surface area contributed by atoms with Crippen LogP contribution in [0.4, 0.5) is 10.5 Å². The van der Waals surface area contributed by atoms with Crippen LogP contribution in [0.2, 0.25) is 0 Å². The first-order valence-electron chi connectivity index (χ1n) is 6.45. The second kappa shape index (κ2) is 6.34. The average Bonchev–Trinajstić information content (AvgIpc) is 2.91. The number of benzene rings is 1. The van der Waals surface area contributed by atoms with E-state index in [0.717, 1.165) is 24.9 Å². The lowest BCUT2D eigenvalue weighted by molar-refractivity contribution is 0.230. The lowest BCUT2D eigenvalue weighted by atomic mass is 10.0. The van der Waals surface area contributed by atoms with Crippen LogP contribution in [0.3, 0.4) is 0 Å². The zero-order chi connectivity index (χ0) is 14.7. The molecule has 0 spiro atoms. The molecule has 0 saturated carbocycles. The van der Waals surface area contributed by atoms with Crippen LogP contribution in [0.25, 0.3) is 0 Å². The third kappa shape index (κ3) is 3.36. The minimum atomic E-state index is -2.03. The third-order valence-corrected chi connectivity index (χ3v) is 4.04. The van der Waals surface area contributed by atoms with Gasteiger partial charge in [-0.15, -0.1) is 0 Å². The summed E-state index contributed by atoms with van der Waals surface area (Å²) in [7, 11) is 3.32. The lowest BCUT2D eigenvalue weighted by Gasteiger charge is -2.17. The second-order valence-corrected chi connectivity index (χ2v) is 5.91. The Bertz CT molecular complexity index is 528. The maximum atomic E-state index is 11.7. The third-order valence-electron chi connectivity index (χ3n) is 3.29. The van der Waals surface area contributed by atoms with Crippen molar-refractivity contribution in [2.24, 2.45) is 0 Å². The summed E-state index contributed by atoms with van der Waals surface area (Å²) in [5.41, 5.74) is 1.40. The standard InChI is InChI=1S/C13H19N3O3S/c1-16(2)13(17)15-9-5-6-12(20(18)19)10(8-9)11-4-3-7-14-11/h5-6,8,11,14H,3-4,7H2,1-2H3,(H,15,17)(H,18,19)/t11-/m1/s1. The summed E-state index contributed by atoms with van der Waals surface area (Å²) in [5.74, 6) is 0. The maximum absolute atomic E-state index is 11.7. The van der Waals surface area contributed by atoms with Crippen LogP contribution in [-0.4, -0.2) is 40.3 Å². The van der Waals surface area contributed by atoms with Crippen LogP contribution in [-0.2, 0) is 11.1 Å². The molecule has 1 heterocycles. The van der Waals surface area contributed by atoms with E-state index in [1.54, 1.807) is 32.3 Å². The second-order valence-electron chi connectivity index (χ2n) is 4.98. The molecule has 7 heteroatoms. The van der Waals surface area contributed by atoms with E-state index in [1.165, 1.54) is 4.90 Å². The van der Waals surface area contributed by atoms with Crippen molar-refractivity contribution in [3.8, 4) is 0 Å². The van der Waals surface area contributed by atoms with Crippen molar-refractivity contribution in [3.63, 3.8) is 0 Å². The Labute approximate surface area is 120 Å². The quantitative estimate of drug-likeness (QED) is 0.743. The molecule has 1 aromatic rings. The highest BCUT2D eigenvalue weighted by Gasteiger charge is 2.22. The van der Waals surface area contributed by atoms with E-state index in [1.807, 2.05) is 0 Å². The molecule has 1 saturated heterocycles. The minimum Gasteiger partial charge on any atom is -0.331 e. The van der Waals surface area contributed by atoms with E-state index in [4.69, 9.17) is 0 Å². The van der Waals surface area contributed by atoms with Crippen molar-refractivity contribution in [2.45, 2.75) is 23.8 Å². The van der Waals surface area contributed by atoms with Gasteiger partial charge >= 0.3 is 6.03 Å². The molecule has 1 fully saturated rings. The van der Waals surface area contributed by atoms with Crippen LogP contribution >= 0.6 is 0 Å². The van der Waals surface area contributed by atoms with Crippen LogP contribution in [0, 0.1) is 0 Å². The molecule has 110 valence electrons. The van der Waals surface area contributed by atoms with Gasteiger partial charge in [-0.05, 0) is 43.1 Å². The number of carbonyl (C=O) groups excluding carboxylic acids is 1. The van der Waals surface area contributed by atoms with Gasteiger partial charge < -0.3 is 20.1 Å². The lowest BCUT2D eigenvalue weighted by Crippen LogP contribution is -2.27. The fourth-order valence-electron chi connectivity index (χ4n) is 2.24. The molecule has 0 bridgehead atoms. The molecule has 1 aliphatic rings. The van der Waals surface area contributed by atoms with Crippen molar-refractivity contribution in [2.75, 3.05) is 26.0 Å². The number of carbonyl (C=O) groups is 1. The van der Waals surface area contributed by atoms with Crippen LogP contribution < -0.4 is 10.6 Å². The predicted molar refractivity (Wildman–Crippen MR) is 78.2 cm³/mol. The average molecular weight is 297 g/mol. The Morgan fingerprint density at radius 2 is 2.25 bits per heavy atom. The molecule has 0 radical (unpaired) electrons. The molecule has 2 atom stereocenters. The largest absolute Gasteiger partial charge is 0.331 e. The fourth-order valence-corrected chi connectivity index (χ4v) is 2.83. The summed E-state index contributed by atoms with van der Waals surface area (Å²) in [5, 5.41) is 6.05. The summed E-state index contributed by atoms with van der Waals surface area (Å²) in [6.45, 7) is 0.899. The Kier molecular flexibility index (Phi) is 4.74. The van der Waals surface area contributed by atoms with Crippen LogP contribution in [0.15, 0.2) is 23.1 Å². The number of anilines is 1. The molecule has 2 rings (SSSR count). The van der Waals surface area contributed by atoms with E-state index in [9.17, 15) is 13.6 Å². The highest BCUT2D eigenvalue weighted by atomic mass is 32.2. The van der Waals surface area contributed by atoms with Crippen molar-refractivity contribution >= 4 is 22.8 Å². The number of nitrogens with zero attached hydrogens (tertiary/aromatic N) is 1. The first-order valence-corrected chi connectivity index (χ1v) is 7.56. The normalized spacial score (nSPS) is 19.6. The van der Waals surface area contributed by atoms with Gasteiger partial charge in [0, 0.05) is 25.8 Å². The minimum absolute atomic E-state index is 0.0670. The molecule has 1 aromatic carbocycles. The van der Waals surface area contributed by atoms with E-state index in [2.05, 4.69) is 10.6 Å². The fraction of sp³-hybridized carbons (Fsp3) is 0.462. The Morgan fingerprint density at radius 1 is 1.50 bits per heavy atom. The number of hydrogen-bond donors (Lipinski definition) is 3. The van der Waals surface area contributed by atoms with Gasteiger partial charge in [0.25, 0.3) is 0 Å². The topological polar surface area (TPSA) is 81.7 Å². The number of hydrogen-bond acceptors (Lipinski definition) is 3. The Morgan fingerprint density at radius 3 is 2.80 bits per heavy atom. The van der Waals surface area contributed by atoms with E-state index in [0.29, 0.717) is 10.6 Å². The zero-order valence-electron chi connectivity index (χ0n) is 11.5. The van der Waals surface area contributed by atoms with Crippen molar-refractivity contribution < 1.29 is 13.6 Å². The SMILES string of the molecule is CN(C)C(=O)Nc1ccc(S(=O)O)c([C@H]2CCCN2)c1. The summed E-state index contributed by atoms with van der Waals surface area (Å²) >= 11 is -2.03. The van der Waals surface area contributed by atoms with Crippen molar-refractivity contribution in [3.05, 3.63) is 23.8 Å². The molecular formula is C13H19N3O3S. The Hall–Kier alpha value is -1.44. The van der Waals surface area contributed by atoms with Gasteiger partial charge in [0.1, 0.15) is 0 Å². The predicted octanol–water partition coefficient (Wildman–Crippen LogP) is 1.79. The van der Waals surface area contributed by atoms with E-state index < -0.39 is 11.1 Å². The summed E-state index contributed by atoms with van der Waals surface area (Å²) < 4.78 is 20.8. The molecule has 2 amide bonds. The summed E-state index contributed by atoms with van der Waals surface area (Å²) in [6, 6.07) is 4.85. The summed E-state index contributed by atoms with van der Waals surface area (Å²) in [6.07, 6.45) is 1.96. The summed E-state index contributed by atoms with van der Waals surface area (Å²) in [4.78, 5) is 13.5. The van der Waals surface area contributed by atoms with Gasteiger partial charge in [0.15, 0.2) is 11.1 Å². The van der Waals surface area contributed by atoms with Gasteiger partial charge in [-0.25, -0.2) is 9.00 Å². The molecule has 0 aliphatic carbocycles. The van der Waals surface area contributed by atoms with Crippen molar-refractivity contribution in [1.82, 2.24) is 10.2 Å².